The smallest absolute Gasteiger partial charge is 0.307 e. The van der Waals surface area contributed by atoms with Crippen LogP contribution >= 0.6 is 12.6 Å². The molecule has 1 fully saturated rings. The number of thiol groups is 1. The van der Waals surface area contributed by atoms with E-state index in [9.17, 15) is 22.8 Å². The fourth-order valence-corrected chi connectivity index (χ4v) is 6.48. The molecule has 0 spiro atoms. The third-order valence-corrected chi connectivity index (χ3v) is 9.21. The Kier molecular flexibility index (Phi) is 8.05. The van der Waals surface area contributed by atoms with Crippen molar-refractivity contribution in [3.05, 3.63) is 58.9 Å². The molecule has 1 unspecified atom stereocenters. The predicted octanol–water partition coefficient (Wildman–Crippen LogP) is 3.69. The molecular weight excluding hydrogens is 514 g/mol. The molecular formula is C26H29N3O6S2. The molecule has 0 aromatic heterocycles. The minimum Gasteiger partial charge on any atom is -0.469 e. The van der Waals surface area contributed by atoms with Crippen LogP contribution in [0.1, 0.15) is 36.0 Å². The summed E-state index contributed by atoms with van der Waals surface area (Å²) in [6.07, 6.45) is 4.61. The Balaban J connectivity index is 1.55. The molecule has 0 aliphatic carbocycles. The molecule has 9 nitrogen and oxygen atoms in total. The minimum absolute atomic E-state index is 0.0533. The summed E-state index contributed by atoms with van der Waals surface area (Å²) in [4.78, 5) is 39.4. The second kappa shape index (κ2) is 11.1. The summed E-state index contributed by atoms with van der Waals surface area (Å²) < 4.78 is 31.7. The third kappa shape index (κ3) is 5.29. The van der Waals surface area contributed by atoms with E-state index in [1.54, 1.807) is 35.2 Å². The molecule has 2 aromatic carbocycles. The molecule has 1 N–H and O–H groups in total. The summed E-state index contributed by atoms with van der Waals surface area (Å²) in [6, 6.07) is 8.77. The van der Waals surface area contributed by atoms with Crippen molar-refractivity contribution in [2.24, 2.45) is 5.92 Å². The van der Waals surface area contributed by atoms with Gasteiger partial charge in [-0.3, -0.25) is 14.4 Å². The fourth-order valence-electron chi connectivity index (χ4n) is 4.71. The first-order valence-corrected chi connectivity index (χ1v) is 13.8. The zero-order chi connectivity index (χ0) is 26.7. The summed E-state index contributed by atoms with van der Waals surface area (Å²) in [5.74, 6) is -1.45. The number of esters is 1. The number of piperidine rings is 1. The van der Waals surface area contributed by atoms with Crippen LogP contribution in [0, 0.1) is 5.92 Å². The van der Waals surface area contributed by atoms with Crippen LogP contribution in [0.2, 0.25) is 0 Å². The van der Waals surface area contributed by atoms with E-state index < -0.39 is 21.9 Å². The summed E-state index contributed by atoms with van der Waals surface area (Å²) in [5, 5.41) is 4.35. The van der Waals surface area contributed by atoms with Crippen molar-refractivity contribution in [2.45, 2.75) is 25.7 Å². The lowest BCUT2D eigenvalue weighted by molar-refractivity contribution is -0.140. The van der Waals surface area contributed by atoms with E-state index in [2.05, 4.69) is 24.5 Å². The number of rotatable bonds is 9. The van der Waals surface area contributed by atoms with Gasteiger partial charge in [-0.1, -0.05) is 24.3 Å². The highest BCUT2D eigenvalue weighted by atomic mass is 32.3. The number of sulfonamides is 1. The Morgan fingerprint density at radius 2 is 2.05 bits per heavy atom. The van der Waals surface area contributed by atoms with Crippen LogP contribution in [0.25, 0.3) is 10.8 Å². The first-order valence-electron chi connectivity index (χ1n) is 11.9. The van der Waals surface area contributed by atoms with Crippen molar-refractivity contribution in [3.8, 4) is 0 Å². The van der Waals surface area contributed by atoms with Gasteiger partial charge in [0.15, 0.2) is 0 Å². The predicted molar refractivity (Wildman–Crippen MR) is 146 cm³/mol. The first kappa shape index (κ1) is 26.9. The molecule has 1 atom stereocenters. The second-order valence-electron chi connectivity index (χ2n) is 8.90. The lowest BCUT2D eigenvalue weighted by Gasteiger charge is -2.31. The second-order valence-corrected chi connectivity index (χ2v) is 11.6. The third-order valence-electron chi connectivity index (χ3n) is 6.63. The topological polar surface area (TPSA) is 113 Å². The van der Waals surface area contributed by atoms with Crippen molar-refractivity contribution >= 4 is 62.6 Å². The van der Waals surface area contributed by atoms with E-state index in [4.69, 9.17) is 4.74 Å². The Bertz CT molecular complexity index is 1400. The number of amides is 2. The van der Waals surface area contributed by atoms with Crippen LogP contribution in [0.5, 0.6) is 0 Å². The number of methoxy groups -OCH3 is 1. The van der Waals surface area contributed by atoms with E-state index in [1.165, 1.54) is 17.5 Å². The average Bonchev–Trinajstić information content (AvgIpc) is 3.19. The molecule has 4 rings (SSSR count). The monoisotopic (exact) mass is 543 g/mol. The molecule has 2 amide bonds. The van der Waals surface area contributed by atoms with Crippen LogP contribution in [0.4, 0.5) is 11.4 Å². The van der Waals surface area contributed by atoms with Gasteiger partial charge in [-0.2, -0.15) is 4.31 Å². The average molecular weight is 544 g/mol. The van der Waals surface area contributed by atoms with Gasteiger partial charge in [0, 0.05) is 41.7 Å². The van der Waals surface area contributed by atoms with Crippen LogP contribution in [-0.4, -0.2) is 57.3 Å². The van der Waals surface area contributed by atoms with Gasteiger partial charge in [0.05, 0.1) is 25.1 Å². The van der Waals surface area contributed by atoms with Gasteiger partial charge in [-0.25, -0.2) is 8.42 Å². The maximum absolute atomic E-state index is 13.2. The fraction of sp³-hybridized carbons (Fsp3) is 0.346. The molecule has 196 valence electrons. The van der Waals surface area contributed by atoms with Crippen LogP contribution in [0.15, 0.2) is 53.3 Å². The van der Waals surface area contributed by atoms with E-state index in [-0.39, 0.29) is 35.6 Å². The van der Waals surface area contributed by atoms with Crippen molar-refractivity contribution in [1.82, 2.24) is 4.31 Å². The van der Waals surface area contributed by atoms with E-state index in [1.807, 2.05) is 6.07 Å². The van der Waals surface area contributed by atoms with Gasteiger partial charge in [-0.05, 0) is 37.5 Å². The Morgan fingerprint density at radius 1 is 1.27 bits per heavy atom. The van der Waals surface area contributed by atoms with Crippen LogP contribution in [0.3, 0.4) is 0 Å². The van der Waals surface area contributed by atoms with Crippen LogP contribution in [-0.2, 0) is 24.3 Å². The minimum atomic E-state index is -3.78. The van der Waals surface area contributed by atoms with E-state index in [0.29, 0.717) is 53.5 Å². The van der Waals surface area contributed by atoms with Crippen LogP contribution < -0.4 is 10.2 Å². The highest BCUT2D eigenvalue weighted by Gasteiger charge is 2.35. The number of allylic oxidation sites excluding steroid dienone is 2. The Morgan fingerprint density at radius 3 is 2.78 bits per heavy atom. The molecule has 2 aliphatic rings. The Labute approximate surface area is 221 Å². The van der Waals surface area contributed by atoms with Crippen molar-refractivity contribution in [3.63, 3.8) is 0 Å². The lowest BCUT2D eigenvalue weighted by Crippen LogP contribution is -2.43. The highest BCUT2D eigenvalue weighted by molar-refractivity contribution is 8.09. The number of hydrogen-bond acceptors (Lipinski definition) is 7. The number of hydrogen-bond donors (Lipinski definition) is 2. The van der Waals surface area contributed by atoms with Gasteiger partial charge in [-0.15, -0.1) is 19.2 Å². The maximum atomic E-state index is 13.2. The molecule has 37 heavy (non-hydrogen) atoms. The van der Waals surface area contributed by atoms with Gasteiger partial charge in [0.2, 0.25) is 15.9 Å². The number of ether oxygens (including phenoxy) is 1. The van der Waals surface area contributed by atoms with Gasteiger partial charge in [0.1, 0.15) is 4.24 Å². The summed E-state index contributed by atoms with van der Waals surface area (Å²) in [5.41, 5.74) is 1.70. The molecule has 0 bridgehead atoms. The van der Waals surface area contributed by atoms with Gasteiger partial charge < -0.3 is 15.0 Å². The SMILES string of the molecule is C=CC/C=C(\S)S(=O)(=O)N1CCCC(C(=O)Nc2ccc3c4c(cccc24)C(=O)N3CCC(=O)OC)C1. The van der Waals surface area contributed by atoms with E-state index >= 15 is 0 Å². The number of carbonyl (C=O) groups excluding carboxylic acids is 3. The number of nitrogens with one attached hydrogen (secondary N) is 1. The van der Waals surface area contributed by atoms with E-state index in [0.717, 1.165) is 0 Å². The highest BCUT2D eigenvalue weighted by Crippen LogP contribution is 2.41. The van der Waals surface area contributed by atoms with Gasteiger partial charge >= 0.3 is 5.97 Å². The number of carbonyl (C=O) groups is 3. The number of nitrogens with zero attached hydrogens (tertiary/aromatic N) is 2. The van der Waals surface area contributed by atoms with Crippen molar-refractivity contribution in [1.29, 1.82) is 0 Å². The Hall–Kier alpha value is -3.15. The largest absolute Gasteiger partial charge is 0.469 e. The molecule has 1 saturated heterocycles. The maximum Gasteiger partial charge on any atom is 0.307 e. The quantitative estimate of drug-likeness (QED) is 0.283. The molecule has 0 saturated carbocycles. The van der Waals surface area contributed by atoms with Crippen molar-refractivity contribution in [2.75, 3.05) is 37.0 Å². The standard InChI is InChI=1S/C26H29N3O6S2/c1-3-4-10-23(36)37(33,34)28-14-6-7-17(16-28)25(31)27-20-11-12-21-24-18(20)8-5-9-19(24)26(32)29(21)15-13-22(30)35-2/h3,5,8-12,17,36H,1,4,6-7,13-16H2,2H3,(H,27,31)/b23-10+. The van der Waals surface area contributed by atoms with Crippen molar-refractivity contribution < 1.29 is 27.5 Å². The number of anilines is 2. The molecule has 2 aliphatic heterocycles. The zero-order valence-electron chi connectivity index (χ0n) is 20.5. The lowest BCUT2D eigenvalue weighted by atomic mass is 9.98. The molecule has 0 radical (unpaired) electrons. The van der Waals surface area contributed by atoms with Gasteiger partial charge in [0.25, 0.3) is 5.91 Å². The first-order chi connectivity index (χ1) is 17.7. The molecule has 2 heterocycles. The molecule has 11 heteroatoms. The molecule has 2 aromatic rings. The normalized spacial score (nSPS) is 18.2. The summed E-state index contributed by atoms with van der Waals surface area (Å²) >= 11 is 4.15. The summed E-state index contributed by atoms with van der Waals surface area (Å²) in [6.45, 7) is 4.15. The zero-order valence-corrected chi connectivity index (χ0v) is 22.2. The summed E-state index contributed by atoms with van der Waals surface area (Å²) in [7, 11) is -2.48. The number of benzene rings is 2.